The molecule has 0 saturated heterocycles. The number of aromatic amines is 1. The lowest BCUT2D eigenvalue weighted by Crippen LogP contribution is -2.19. The molecule has 23 heavy (non-hydrogen) atoms. The Bertz CT molecular complexity index is 845. The van der Waals surface area contributed by atoms with Gasteiger partial charge in [-0.1, -0.05) is 35.9 Å². The maximum Gasteiger partial charge on any atom is 0.349 e. The Morgan fingerprint density at radius 3 is 2.22 bits per heavy atom. The van der Waals surface area contributed by atoms with Crippen molar-refractivity contribution in [2.75, 3.05) is 5.43 Å². The number of nitrogen functional groups attached to an aromatic ring is 1. The molecule has 6 nitrogen and oxygen atoms in total. The SMILES string of the molecule is C1=CC2=CC=C1C2.NNc1nc(-c2ccc(Cl)cc2)[nH]c(=O)n1. The number of hydrazine groups is 1. The zero-order valence-electron chi connectivity index (χ0n) is 12.1. The number of rotatable bonds is 2. The van der Waals surface area contributed by atoms with Gasteiger partial charge in [-0.3, -0.25) is 10.4 Å². The van der Waals surface area contributed by atoms with Crippen molar-refractivity contribution in [3.8, 4) is 11.4 Å². The number of anilines is 1. The first-order valence-corrected chi connectivity index (χ1v) is 7.30. The highest BCUT2D eigenvalue weighted by Gasteiger charge is 2.07. The van der Waals surface area contributed by atoms with Gasteiger partial charge in [0.2, 0.25) is 5.95 Å². The van der Waals surface area contributed by atoms with E-state index in [-0.39, 0.29) is 5.95 Å². The van der Waals surface area contributed by atoms with Crippen LogP contribution in [0.25, 0.3) is 11.4 Å². The van der Waals surface area contributed by atoms with Crippen molar-refractivity contribution >= 4 is 17.5 Å². The highest BCUT2D eigenvalue weighted by atomic mass is 35.5. The van der Waals surface area contributed by atoms with Gasteiger partial charge in [-0.15, -0.1) is 0 Å². The van der Waals surface area contributed by atoms with Gasteiger partial charge in [0.25, 0.3) is 0 Å². The molecule has 2 aliphatic rings. The van der Waals surface area contributed by atoms with Crippen LogP contribution in [-0.2, 0) is 0 Å². The van der Waals surface area contributed by atoms with E-state index in [2.05, 4.69) is 44.7 Å². The van der Waals surface area contributed by atoms with Gasteiger partial charge in [0.15, 0.2) is 0 Å². The number of nitrogens with two attached hydrogens (primary N) is 1. The number of fused-ring (bicyclic) bond motifs is 2. The second-order valence-corrected chi connectivity index (χ2v) is 5.41. The maximum atomic E-state index is 11.2. The quantitative estimate of drug-likeness (QED) is 0.582. The van der Waals surface area contributed by atoms with Gasteiger partial charge in [-0.2, -0.15) is 9.97 Å². The summed E-state index contributed by atoms with van der Waals surface area (Å²) in [6.07, 6.45) is 9.90. The van der Waals surface area contributed by atoms with Crippen LogP contribution < -0.4 is 17.0 Å². The normalized spacial score (nSPS) is 14.0. The van der Waals surface area contributed by atoms with Crippen molar-refractivity contribution in [1.29, 1.82) is 0 Å². The minimum atomic E-state index is -0.520. The molecular weight excluding hydrogens is 314 g/mol. The van der Waals surface area contributed by atoms with E-state index in [0.29, 0.717) is 10.8 Å². The van der Waals surface area contributed by atoms with Gasteiger partial charge >= 0.3 is 5.69 Å². The third-order valence-electron chi connectivity index (χ3n) is 3.33. The Labute approximate surface area is 137 Å². The van der Waals surface area contributed by atoms with Gasteiger partial charge in [-0.25, -0.2) is 10.6 Å². The van der Waals surface area contributed by atoms with E-state index < -0.39 is 5.69 Å². The van der Waals surface area contributed by atoms with E-state index in [1.54, 1.807) is 24.3 Å². The molecule has 4 rings (SSSR count). The number of hydrogen-bond donors (Lipinski definition) is 3. The molecule has 1 heterocycles. The summed E-state index contributed by atoms with van der Waals surface area (Å²) < 4.78 is 0. The van der Waals surface area contributed by atoms with Crippen molar-refractivity contribution in [1.82, 2.24) is 15.0 Å². The van der Waals surface area contributed by atoms with Crippen molar-refractivity contribution in [3.05, 3.63) is 75.2 Å². The van der Waals surface area contributed by atoms with Crippen LogP contribution in [0.1, 0.15) is 6.42 Å². The predicted octanol–water partition coefficient (Wildman–Crippen LogP) is 2.58. The zero-order chi connectivity index (χ0) is 16.2. The number of H-pyrrole nitrogens is 1. The molecule has 0 atom stereocenters. The third-order valence-corrected chi connectivity index (χ3v) is 3.58. The maximum absolute atomic E-state index is 11.2. The summed E-state index contributed by atoms with van der Waals surface area (Å²) in [4.78, 5) is 21.2. The van der Waals surface area contributed by atoms with E-state index >= 15 is 0 Å². The Hall–Kier alpha value is -2.70. The molecule has 0 radical (unpaired) electrons. The third kappa shape index (κ3) is 3.74. The number of benzene rings is 1. The highest BCUT2D eigenvalue weighted by Crippen LogP contribution is 2.27. The van der Waals surface area contributed by atoms with Gasteiger partial charge in [-0.05, 0) is 41.8 Å². The Balaban J connectivity index is 0.000000183. The van der Waals surface area contributed by atoms with Crippen LogP contribution in [-0.4, -0.2) is 15.0 Å². The van der Waals surface area contributed by atoms with Crippen LogP contribution in [0, 0.1) is 0 Å². The van der Waals surface area contributed by atoms with Crippen LogP contribution in [0.4, 0.5) is 5.95 Å². The molecule has 0 amide bonds. The fourth-order valence-electron chi connectivity index (χ4n) is 2.20. The van der Waals surface area contributed by atoms with Crippen LogP contribution in [0.3, 0.4) is 0 Å². The molecule has 0 unspecified atom stereocenters. The summed E-state index contributed by atoms with van der Waals surface area (Å²) in [5.41, 5.74) is 5.36. The molecule has 1 aromatic carbocycles. The summed E-state index contributed by atoms with van der Waals surface area (Å²) in [6.45, 7) is 0. The first-order chi connectivity index (χ1) is 11.1. The molecule has 0 spiro atoms. The topological polar surface area (TPSA) is 96.7 Å². The van der Waals surface area contributed by atoms with Crippen molar-refractivity contribution in [2.24, 2.45) is 5.84 Å². The largest absolute Gasteiger partial charge is 0.349 e. The molecule has 4 N–H and O–H groups in total. The van der Waals surface area contributed by atoms with Gasteiger partial charge in [0.05, 0.1) is 0 Å². The molecule has 1 aromatic heterocycles. The lowest BCUT2D eigenvalue weighted by Gasteiger charge is -2.02. The molecule has 0 fully saturated rings. The molecule has 0 aliphatic heterocycles. The molecule has 2 aromatic rings. The lowest BCUT2D eigenvalue weighted by molar-refractivity contribution is 0.985. The fraction of sp³-hybridized carbons (Fsp3) is 0.0625. The van der Waals surface area contributed by atoms with Crippen LogP contribution >= 0.6 is 11.6 Å². The minimum absolute atomic E-state index is 0.0636. The summed E-state index contributed by atoms with van der Waals surface area (Å²) in [5.74, 6) is 5.58. The number of hydrogen-bond acceptors (Lipinski definition) is 5. The van der Waals surface area contributed by atoms with E-state index in [0.717, 1.165) is 5.56 Å². The first kappa shape index (κ1) is 15.2. The molecule has 2 aliphatic carbocycles. The van der Waals surface area contributed by atoms with Gasteiger partial charge in [0.1, 0.15) is 5.82 Å². The Morgan fingerprint density at radius 2 is 1.74 bits per heavy atom. The van der Waals surface area contributed by atoms with Crippen LogP contribution in [0.2, 0.25) is 5.02 Å². The number of nitrogens with zero attached hydrogens (tertiary/aromatic N) is 2. The van der Waals surface area contributed by atoms with Crippen molar-refractivity contribution in [2.45, 2.75) is 6.42 Å². The number of aromatic nitrogens is 3. The van der Waals surface area contributed by atoms with Crippen LogP contribution in [0.5, 0.6) is 0 Å². The molecule has 116 valence electrons. The van der Waals surface area contributed by atoms with E-state index in [9.17, 15) is 4.79 Å². The van der Waals surface area contributed by atoms with E-state index in [4.69, 9.17) is 17.4 Å². The van der Waals surface area contributed by atoms with Crippen LogP contribution in [0.15, 0.2) is 64.5 Å². The Kier molecular flexibility index (Phi) is 4.36. The average Bonchev–Trinajstić information content (AvgIpc) is 3.21. The second-order valence-electron chi connectivity index (χ2n) is 4.97. The van der Waals surface area contributed by atoms with E-state index in [1.807, 2.05) is 0 Å². The Morgan fingerprint density at radius 1 is 1.09 bits per heavy atom. The lowest BCUT2D eigenvalue weighted by atomic mass is 10.2. The van der Waals surface area contributed by atoms with E-state index in [1.165, 1.54) is 17.6 Å². The summed E-state index contributed by atoms with van der Waals surface area (Å²) in [6, 6.07) is 6.88. The zero-order valence-corrected chi connectivity index (χ0v) is 12.8. The average molecular weight is 328 g/mol. The molecular formula is C16H14ClN5O. The molecule has 0 saturated carbocycles. The summed E-state index contributed by atoms with van der Waals surface area (Å²) >= 11 is 5.75. The molecule has 2 bridgehead atoms. The standard InChI is InChI=1S/C9H8ClN5O.C7H6/c10-6-3-1-5(2-4-6)7-12-8(15-11)14-9(16)13-7;1-2-7-4-3-6(1)5-7/h1-4H,11H2,(H2,12,13,14,15,16);1-4H,5H2. The fourth-order valence-corrected chi connectivity index (χ4v) is 2.33. The van der Waals surface area contributed by atoms with Crippen molar-refractivity contribution in [3.63, 3.8) is 0 Å². The van der Waals surface area contributed by atoms with Gasteiger partial charge < -0.3 is 0 Å². The first-order valence-electron chi connectivity index (χ1n) is 6.93. The number of allylic oxidation sites excluding steroid dienone is 6. The number of halogens is 1. The second kappa shape index (κ2) is 6.60. The van der Waals surface area contributed by atoms with Crippen molar-refractivity contribution < 1.29 is 0 Å². The predicted molar refractivity (Wildman–Crippen MR) is 90.8 cm³/mol. The smallest absolute Gasteiger partial charge is 0.292 e. The van der Waals surface area contributed by atoms with Gasteiger partial charge in [0, 0.05) is 10.6 Å². The summed E-state index contributed by atoms with van der Waals surface area (Å²) in [7, 11) is 0. The summed E-state index contributed by atoms with van der Waals surface area (Å²) in [5, 5.41) is 0.609. The minimum Gasteiger partial charge on any atom is -0.292 e. The molecule has 7 heteroatoms. The monoisotopic (exact) mass is 327 g/mol. The number of nitrogens with one attached hydrogen (secondary N) is 2. The highest BCUT2D eigenvalue weighted by molar-refractivity contribution is 6.30.